The Hall–Kier alpha value is -1.03. The highest BCUT2D eigenvalue weighted by atomic mass is 16.1. The SMILES string of the molecule is C#CC(=O)C=C(C)C. The van der Waals surface area contributed by atoms with Gasteiger partial charge in [-0.1, -0.05) is 5.57 Å². The Bertz CT molecular complexity index is 154. The largest absolute Gasteiger partial charge is 0.280 e. The topological polar surface area (TPSA) is 17.1 Å². The minimum atomic E-state index is -0.259. The van der Waals surface area contributed by atoms with Gasteiger partial charge in [-0.25, -0.2) is 0 Å². The molecular weight excluding hydrogens is 100 g/mol. The summed E-state index contributed by atoms with van der Waals surface area (Å²) in [7, 11) is 0. The maximum absolute atomic E-state index is 10.3. The number of carbonyl (C=O) groups excluding carboxylic acids is 1. The summed E-state index contributed by atoms with van der Waals surface area (Å²) in [6.45, 7) is 3.66. The fourth-order valence-corrected chi connectivity index (χ4v) is 0.304. The molecule has 0 aliphatic carbocycles. The zero-order valence-corrected chi connectivity index (χ0v) is 5.06. The van der Waals surface area contributed by atoms with Crippen molar-refractivity contribution in [3.05, 3.63) is 11.6 Å². The highest BCUT2D eigenvalue weighted by Crippen LogP contribution is 1.86. The van der Waals surface area contributed by atoms with Crippen LogP contribution < -0.4 is 0 Å². The number of allylic oxidation sites excluding steroid dienone is 2. The summed E-state index contributed by atoms with van der Waals surface area (Å²) < 4.78 is 0. The van der Waals surface area contributed by atoms with Crippen LogP contribution in [0.25, 0.3) is 0 Å². The van der Waals surface area contributed by atoms with Crippen molar-refractivity contribution in [3.8, 4) is 12.3 Å². The molecule has 0 aliphatic heterocycles. The molecule has 0 aliphatic rings. The normalized spacial score (nSPS) is 7.12. The summed E-state index contributed by atoms with van der Waals surface area (Å²) in [5, 5.41) is 0. The van der Waals surface area contributed by atoms with Gasteiger partial charge >= 0.3 is 0 Å². The number of carbonyl (C=O) groups is 1. The van der Waals surface area contributed by atoms with E-state index in [1.165, 1.54) is 6.08 Å². The van der Waals surface area contributed by atoms with Crippen molar-refractivity contribution in [2.24, 2.45) is 0 Å². The second-order valence-electron chi connectivity index (χ2n) is 1.73. The molecule has 0 spiro atoms. The third kappa shape index (κ3) is 3.17. The fourth-order valence-electron chi connectivity index (χ4n) is 0.304. The molecule has 0 saturated carbocycles. The van der Waals surface area contributed by atoms with Gasteiger partial charge in [-0.15, -0.1) is 6.42 Å². The van der Waals surface area contributed by atoms with Crippen LogP contribution in [0.3, 0.4) is 0 Å². The number of hydrogen-bond donors (Lipinski definition) is 0. The first-order chi connectivity index (χ1) is 3.66. The molecule has 0 aromatic carbocycles. The molecule has 0 heterocycles. The second-order valence-corrected chi connectivity index (χ2v) is 1.73. The van der Waals surface area contributed by atoms with Crippen LogP contribution in [0.1, 0.15) is 13.8 Å². The Labute approximate surface area is 49.4 Å². The van der Waals surface area contributed by atoms with E-state index >= 15 is 0 Å². The molecule has 0 saturated heterocycles. The van der Waals surface area contributed by atoms with E-state index in [4.69, 9.17) is 6.42 Å². The van der Waals surface area contributed by atoms with Gasteiger partial charge in [0.1, 0.15) is 0 Å². The lowest BCUT2D eigenvalue weighted by Gasteiger charge is -1.80. The maximum Gasteiger partial charge on any atom is 0.228 e. The van der Waals surface area contributed by atoms with E-state index in [0.29, 0.717) is 0 Å². The van der Waals surface area contributed by atoms with Crippen molar-refractivity contribution in [1.82, 2.24) is 0 Å². The molecule has 1 heteroatoms. The molecule has 42 valence electrons. The summed E-state index contributed by atoms with van der Waals surface area (Å²) in [4.78, 5) is 10.3. The monoisotopic (exact) mass is 108 g/mol. The molecule has 0 N–H and O–H groups in total. The Kier molecular flexibility index (Phi) is 2.64. The average molecular weight is 108 g/mol. The zero-order valence-electron chi connectivity index (χ0n) is 5.06. The lowest BCUT2D eigenvalue weighted by molar-refractivity contribution is -0.109. The summed E-state index contributed by atoms with van der Waals surface area (Å²) >= 11 is 0. The minimum Gasteiger partial charge on any atom is -0.280 e. The van der Waals surface area contributed by atoms with Crippen LogP contribution in [0.4, 0.5) is 0 Å². The van der Waals surface area contributed by atoms with Gasteiger partial charge in [0, 0.05) is 0 Å². The van der Waals surface area contributed by atoms with E-state index in [9.17, 15) is 4.79 Å². The maximum atomic E-state index is 10.3. The van der Waals surface area contributed by atoms with Crippen molar-refractivity contribution in [3.63, 3.8) is 0 Å². The van der Waals surface area contributed by atoms with Gasteiger partial charge < -0.3 is 0 Å². The van der Waals surface area contributed by atoms with E-state index in [1.807, 2.05) is 19.8 Å². The Morgan fingerprint density at radius 1 is 1.62 bits per heavy atom. The third-order valence-electron chi connectivity index (χ3n) is 0.562. The Balaban J connectivity index is 3.95. The zero-order chi connectivity index (χ0) is 6.57. The third-order valence-corrected chi connectivity index (χ3v) is 0.562. The second kappa shape index (κ2) is 3.04. The molecule has 0 rings (SSSR count). The van der Waals surface area contributed by atoms with Gasteiger partial charge in [-0.3, -0.25) is 4.79 Å². The summed E-state index contributed by atoms with van der Waals surface area (Å²) in [5.41, 5.74) is 0.938. The first kappa shape index (κ1) is 6.97. The quantitative estimate of drug-likeness (QED) is 0.280. The number of ketones is 1. The summed E-state index contributed by atoms with van der Waals surface area (Å²) in [6.07, 6.45) is 6.21. The van der Waals surface area contributed by atoms with Crippen LogP contribution >= 0.6 is 0 Å². The lowest BCUT2D eigenvalue weighted by atomic mass is 10.3. The van der Waals surface area contributed by atoms with Gasteiger partial charge in [-0.05, 0) is 25.8 Å². The summed E-state index contributed by atoms with van der Waals surface area (Å²) in [5.74, 6) is 1.72. The highest BCUT2D eigenvalue weighted by Gasteiger charge is 1.85. The minimum absolute atomic E-state index is 0.259. The Morgan fingerprint density at radius 2 is 2.12 bits per heavy atom. The van der Waals surface area contributed by atoms with Crippen LogP contribution in [0.2, 0.25) is 0 Å². The molecule has 1 nitrogen and oxygen atoms in total. The molecule has 0 aromatic rings. The van der Waals surface area contributed by atoms with E-state index in [0.717, 1.165) is 5.57 Å². The van der Waals surface area contributed by atoms with Crippen LogP contribution in [-0.4, -0.2) is 5.78 Å². The molecule has 0 fully saturated rings. The van der Waals surface area contributed by atoms with Crippen LogP contribution in [-0.2, 0) is 4.79 Å². The predicted molar refractivity (Wildman–Crippen MR) is 33.3 cm³/mol. The van der Waals surface area contributed by atoms with Crippen molar-refractivity contribution >= 4 is 5.78 Å². The number of hydrogen-bond acceptors (Lipinski definition) is 1. The van der Waals surface area contributed by atoms with E-state index in [-0.39, 0.29) is 5.78 Å². The summed E-state index contributed by atoms with van der Waals surface area (Å²) in [6, 6.07) is 0. The van der Waals surface area contributed by atoms with E-state index < -0.39 is 0 Å². The first-order valence-corrected chi connectivity index (χ1v) is 2.32. The van der Waals surface area contributed by atoms with Crippen molar-refractivity contribution in [2.75, 3.05) is 0 Å². The lowest BCUT2D eigenvalue weighted by Crippen LogP contribution is -1.84. The standard InChI is InChI=1S/C7H8O/c1-4-7(8)5-6(2)3/h1,5H,2-3H3. The molecule has 0 unspecified atom stereocenters. The molecule has 0 atom stereocenters. The number of terminal acetylenes is 1. The van der Waals surface area contributed by atoms with Gasteiger partial charge in [-0.2, -0.15) is 0 Å². The molecule has 0 bridgehead atoms. The molecule has 0 aromatic heterocycles. The van der Waals surface area contributed by atoms with Gasteiger partial charge in [0.25, 0.3) is 0 Å². The highest BCUT2D eigenvalue weighted by molar-refractivity contribution is 6.04. The van der Waals surface area contributed by atoms with Gasteiger partial charge in [0.05, 0.1) is 0 Å². The predicted octanol–water partition coefficient (Wildman–Crippen LogP) is 1.15. The van der Waals surface area contributed by atoms with E-state index in [2.05, 4.69) is 0 Å². The molecule has 0 radical (unpaired) electrons. The fraction of sp³-hybridized carbons (Fsp3) is 0.286. The van der Waals surface area contributed by atoms with E-state index in [1.54, 1.807) is 0 Å². The average Bonchev–Trinajstić information content (AvgIpc) is 1.65. The molecular formula is C7H8O. The van der Waals surface area contributed by atoms with Crippen molar-refractivity contribution in [2.45, 2.75) is 13.8 Å². The van der Waals surface area contributed by atoms with Gasteiger partial charge in [0.2, 0.25) is 5.78 Å². The number of rotatable bonds is 1. The van der Waals surface area contributed by atoms with Crippen molar-refractivity contribution < 1.29 is 4.79 Å². The van der Waals surface area contributed by atoms with Crippen LogP contribution in [0.15, 0.2) is 11.6 Å². The van der Waals surface area contributed by atoms with Crippen molar-refractivity contribution in [1.29, 1.82) is 0 Å². The molecule has 0 amide bonds. The smallest absolute Gasteiger partial charge is 0.228 e. The van der Waals surface area contributed by atoms with Crippen LogP contribution in [0, 0.1) is 12.3 Å². The van der Waals surface area contributed by atoms with Gasteiger partial charge in [0.15, 0.2) is 0 Å². The first-order valence-electron chi connectivity index (χ1n) is 2.32. The molecule has 8 heavy (non-hydrogen) atoms. The van der Waals surface area contributed by atoms with Crippen LogP contribution in [0.5, 0.6) is 0 Å². The Morgan fingerprint density at radius 3 is 2.25 bits per heavy atom.